The van der Waals surface area contributed by atoms with Gasteiger partial charge in [0.25, 0.3) is 0 Å². The highest BCUT2D eigenvalue weighted by Gasteiger charge is 2.64. The fraction of sp³-hybridized carbons (Fsp3) is 1.00. The Bertz CT molecular complexity index is 276. The van der Waals surface area contributed by atoms with Gasteiger partial charge in [-0.25, -0.2) is 0 Å². The van der Waals surface area contributed by atoms with Crippen LogP contribution >= 0.6 is 0 Å². The summed E-state index contributed by atoms with van der Waals surface area (Å²) in [4.78, 5) is 2.30. The van der Waals surface area contributed by atoms with Crippen molar-refractivity contribution in [2.45, 2.75) is 45.3 Å². The minimum Gasteiger partial charge on any atom is -0.390 e. The zero-order valence-corrected chi connectivity index (χ0v) is 11.8. The van der Waals surface area contributed by atoms with E-state index in [0.29, 0.717) is 0 Å². The van der Waals surface area contributed by atoms with Crippen LogP contribution in [-0.4, -0.2) is 48.3 Å². The minimum absolute atomic E-state index is 0.205. The predicted molar refractivity (Wildman–Crippen MR) is 73.4 cm³/mol. The van der Waals surface area contributed by atoms with Gasteiger partial charge < -0.3 is 15.3 Å². The van der Waals surface area contributed by atoms with Gasteiger partial charge in [-0.05, 0) is 56.0 Å². The van der Waals surface area contributed by atoms with E-state index in [4.69, 9.17) is 0 Å². The molecule has 3 fully saturated rings. The largest absolute Gasteiger partial charge is 0.390 e. The maximum atomic E-state index is 10.1. The number of hydrogen-bond donors (Lipinski definition) is 2. The van der Waals surface area contributed by atoms with Crippen LogP contribution in [0.25, 0.3) is 0 Å². The van der Waals surface area contributed by atoms with Crippen LogP contribution in [0.1, 0.15) is 33.1 Å². The summed E-state index contributed by atoms with van der Waals surface area (Å²) in [6, 6.07) is 0.752. The van der Waals surface area contributed by atoms with E-state index in [0.717, 1.165) is 55.9 Å². The van der Waals surface area contributed by atoms with E-state index in [1.807, 2.05) is 0 Å². The van der Waals surface area contributed by atoms with E-state index in [-0.39, 0.29) is 6.10 Å². The highest BCUT2D eigenvalue weighted by Crippen LogP contribution is 2.65. The van der Waals surface area contributed by atoms with Crippen molar-refractivity contribution in [2.24, 2.45) is 23.7 Å². The summed E-state index contributed by atoms with van der Waals surface area (Å²) in [5, 5.41) is 13.7. The molecule has 0 aromatic heterocycles. The fourth-order valence-electron chi connectivity index (χ4n) is 4.71. The van der Waals surface area contributed by atoms with Gasteiger partial charge in [-0.15, -0.1) is 0 Å². The zero-order valence-electron chi connectivity index (χ0n) is 11.8. The van der Waals surface area contributed by atoms with Crippen LogP contribution in [0.2, 0.25) is 0 Å². The van der Waals surface area contributed by atoms with Crippen molar-refractivity contribution < 1.29 is 5.11 Å². The third-order valence-corrected chi connectivity index (χ3v) is 5.69. The first kappa shape index (κ1) is 12.9. The van der Waals surface area contributed by atoms with Gasteiger partial charge in [-0.2, -0.15) is 0 Å². The number of fused-ring (bicyclic) bond motifs is 5. The van der Waals surface area contributed by atoms with E-state index >= 15 is 0 Å². The van der Waals surface area contributed by atoms with Crippen molar-refractivity contribution in [3.05, 3.63) is 0 Å². The van der Waals surface area contributed by atoms with Gasteiger partial charge in [0.2, 0.25) is 0 Å². The summed E-state index contributed by atoms with van der Waals surface area (Å²) in [7, 11) is 0. The Morgan fingerprint density at radius 3 is 2.33 bits per heavy atom. The Morgan fingerprint density at radius 2 is 1.78 bits per heavy atom. The summed E-state index contributed by atoms with van der Waals surface area (Å²) in [5.41, 5.74) is 0. The second-order valence-corrected chi connectivity index (χ2v) is 6.56. The fourth-order valence-corrected chi connectivity index (χ4v) is 4.71. The first-order valence-electron chi connectivity index (χ1n) is 7.88. The molecule has 5 atom stereocenters. The lowest BCUT2D eigenvalue weighted by Crippen LogP contribution is -2.39. The quantitative estimate of drug-likeness (QED) is 0.717. The van der Waals surface area contributed by atoms with Crippen LogP contribution in [0.4, 0.5) is 0 Å². The van der Waals surface area contributed by atoms with Crippen molar-refractivity contribution >= 4 is 0 Å². The Hall–Kier alpha value is -0.120. The van der Waals surface area contributed by atoms with Crippen LogP contribution in [0.5, 0.6) is 0 Å². The van der Waals surface area contributed by atoms with Crippen molar-refractivity contribution in [2.75, 3.05) is 26.2 Å². The first-order chi connectivity index (χ1) is 8.74. The summed E-state index contributed by atoms with van der Waals surface area (Å²) < 4.78 is 0. The molecule has 3 rings (SSSR count). The van der Waals surface area contributed by atoms with E-state index < -0.39 is 0 Å². The third kappa shape index (κ3) is 2.21. The number of aliphatic hydroxyl groups is 1. The van der Waals surface area contributed by atoms with E-state index in [1.165, 1.54) is 19.3 Å². The van der Waals surface area contributed by atoms with Gasteiger partial charge >= 0.3 is 0 Å². The Labute approximate surface area is 111 Å². The van der Waals surface area contributed by atoms with Crippen LogP contribution in [0.15, 0.2) is 0 Å². The van der Waals surface area contributed by atoms with Gasteiger partial charge in [0, 0.05) is 19.1 Å². The molecule has 0 aromatic carbocycles. The molecular weight excluding hydrogens is 224 g/mol. The average molecular weight is 252 g/mol. The van der Waals surface area contributed by atoms with E-state index in [2.05, 4.69) is 24.1 Å². The summed E-state index contributed by atoms with van der Waals surface area (Å²) >= 11 is 0. The lowest BCUT2D eigenvalue weighted by Gasteiger charge is -2.22. The van der Waals surface area contributed by atoms with Gasteiger partial charge in [0.05, 0.1) is 6.10 Å². The topological polar surface area (TPSA) is 35.5 Å². The molecule has 3 aliphatic rings. The minimum atomic E-state index is -0.205. The molecular formula is C15H28N2O. The summed E-state index contributed by atoms with van der Waals surface area (Å²) in [6.45, 7) is 7.99. The molecule has 5 unspecified atom stereocenters. The highest BCUT2D eigenvalue weighted by atomic mass is 16.3. The van der Waals surface area contributed by atoms with Crippen molar-refractivity contribution in [3.63, 3.8) is 0 Å². The lowest BCUT2D eigenvalue weighted by molar-refractivity contribution is 0.115. The third-order valence-electron chi connectivity index (χ3n) is 5.69. The van der Waals surface area contributed by atoms with Crippen LogP contribution in [-0.2, 0) is 0 Å². The molecule has 3 saturated carbocycles. The number of likely N-dealkylation sites (N-methyl/N-ethyl adjacent to an activating group) is 1. The normalized spacial score (nSPS) is 42.3. The Balaban J connectivity index is 1.38. The number of nitrogens with one attached hydrogen (secondary N) is 1. The number of hydrogen-bond acceptors (Lipinski definition) is 3. The Morgan fingerprint density at radius 1 is 1.17 bits per heavy atom. The molecule has 0 saturated heterocycles. The van der Waals surface area contributed by atoms with Crippen LogP contribution < -0.4 is 5.32 Å². The molecule has 2 bridgehead atoms. The van der Waals surface area contributed by atoms with Gasteiger partial charge in [0.15, 0.2) is 0 Å². The number of rotatable bonds is 7. The average Bonchev–Trinajstić information content (AvgIpc) is 2.77. The van der Waals surface area contributed by atoms with Gasteiger partial charge in [-0.3, -0.25) is 0 Å². The van der Waals surface area contributed by atoms with Crippen LogP contribution in [0, 0.1) is 23.7 Å². The molecule has 0 aliphatic heterocycles. The predicted octanol–water partition coefficient (Wildman–Crippen LogP) is 1.32. The van der Waals surface area contributed by atoms with Gasteiger partial charge in [-0.1, -0.05) is 13.8 Å². The molecule has 104 valence electrons. The maximum absolute atomic E-state index is 10.1. The summed E-state index contributed by atoms with van der Waals surface area (Å²) in [5.74, 6) is 4.00. The monoisotopic (exact) mass is 252 g/mol. The molecule has 2 N–H and O–H groups in total. The maximum Gasteiger partial charge on any atom is 0.0791 e. The van der Waals surface area contributed by atoms with Crippen molar-refractivity contribution in [1.82, 2.24) is 10.2 Å². The van der Waals surface area contributed by atoms with E-state index in [9.17, 15) is 5.11 Å². The molecule has 3 nitrogen and oxygen atoms in total. The second-order valence-electron chi connectivity index (χ2n) is 6.56. The first-order valence-corrected chi connectivity index (χ1v) is 7.88. The molecule has 0 heterocycles. The Kier molecular flexibility index (Phi) is 3.65. The van der Waals surface area contributed by atoms with Crippen molar-refractivity contribution in [3.8, 4) is 0 Å². The molecule has 0 amide bonds. The molecule has 18 heavy (non-hydrogen) atoms. The molecule has 0 spiro atoms. The summed E-state index contributed by atoms with van der Waals surface area (Å²) in [6.07, 6.45) is 4.26. The van der Waals surface area contributed by atoms with Crippen LogP contribution in [0.3, 0.4) is 0 Å². The van der Waals surface area contributed by atoms with E-state index in [1.54, 1.807) is 0 Å². The highest BCUT2D eigenvalue weighted by molar-refractivity contribution is 5.16. The number of aliphatic hydroxyl groups excluding tert-OH is 1. The zero-order chi connectivity index (χ0) is 12.7. The van der Waals surface area contributed by atoms with Gasteiger partial charge in [0.1, 0.15) is 0 Å². The van der Waals surface area contributed by atoms with Crippen molar-refractivity contribution in [1.29, 1.82) is 0 Å². The lowest BCUT2D eigenvalue weighted by atomic mass is 10.0. The molecule has 3 heteroatoms. The SMILES string of the molecule is CCN(CC)CC(O)CNC1C2C3CCC(C3)C12. The number of nitrogens with zero attached hydrogens (tertiary/aromatic N) is 1. The standard InChI is InChI=1S/C15H28N2O/c1-3-17(4-2)9-12(18)8-16-15-13-10-5-6-11(7-10)14(13)15/h10-16,18H,3-9H2,1-2H3. The second kappa shape index (κ2) is 5.10. The molecule has 0 aromatic rings. The molecule has 0 radical (unpaired) electrons. The smallest absolute Gasteiger partial charge is 0.0791 e. The molecule has 3 aliphatic carbocycles.